The molecule has 7 nitrogen and oxygen atoms in total. The van der Waals surface area contributed by atoms with Crippen LogP contribution in [0.5, 0.6) is 5.75 Å². The van der Waals surface area contributed by atoms with Crippen LogP contribution in [0.3, 0.4) is 0 Å². The van der Waals surface area contributed by atoms with E-state index in [-0.39, 0.29) is 5.75 Å². The Morgan fingerprint density at radius 2 is 2.05 bits per heavy atom. The maximum Gasteiger partial charge on any atom is 0.214 e. The smallest absolute Gasteiger partial charge is 0.214 e. The molecule has 0 saturated carbocycles. The summed E-state index contributed by atoms with van der Waals surface area (Å²) in [5.74, 6) is 1.06. The van der Waals surface area contributed by atoms with Crippen LogP contribution in [0.25, 0.3) is 5.69 Å². The number of aromatic nitrogens is 6. The van der Waals surface area contributed by atoms with Gasteiger partial charge in [-0.3, -0.25) is 0 Å². The highest BCUT2D eigenvalue weighted by Crippen LogP contribution is 2.19. The molecule has 2 aromatic heterocycles. The first kappa shape index (κ1) is 12.7. The summed E-state index contributed by atoms with van der Waals surface area (Å²) in [4.78, 5) is 4.00. The Balaban J connectivity index is 1.68. The number of rotatable bonds is 5. The fourth-order valence-corrected chi connectivity index (χ4v) is 2.53. The number of imidazole rings is 1. The number of phenols is 1. The summed E-state index contributed by atoms with van der Waals surface area (Å²) in [6.07, 6.45) is 5.46. The first-order valence-corrected chi connectivity index (χ1v) is 6.98. The van der Waals surface area contributed by atoms with Gasteiger partial charge in [0.25, 0.3) is 0 Å². The zero-order valence-corrected chi connectivity index (χ0v) is 11.3. The molecule has 102 valence electrons. The molecule has 0 aliphatic carbocycles. The molecule has 0 unspecified atom stereocenters. The third-order valence-corrected chi connectivity index (χ3v) is 3.57. The second-order valence-corrected chi connectivity index (χ2v) is 5.10. The van der Waals surface area contributed by atoms with Crippen LogP contribution < -0.4 is 0 Å². The minimum Gasteiger partial charge on any atom is -0.508 e. The number of nitrogens with zero attached hydrogens (tertiary/aromatic N) is 6. The number of tetrazole rings is 1. The molecular formula is C12H12N6OS. The Kier molecular flexibility index (Phi) is 3.64. The highest BCUT2D eigenvalue weighted by Gasteiger charge is 2.08. The van der Waals surface area contributed by atoms with Crippen molar-refractivity contribution in [2.45, 2.75) is 11.7 Å². The zero-order valence-electron chi connectivity index (χ0n) is 10.5. The van der Waals surface area contributed by atoms with Crippen molar-refractivity contribution in [3.63, 3.8) is 0 Å². The standard InChI is InChI=1S/C12H12N6OS/c19-11-3-1-10(2-4-11)18-12(14-15-16-18)20-8-7-17-6-5-13-9-17/h1-6,9,19H,7-8H2. The van der Waals surface area contributed by atoms with E-state index in [1.165, 1.54) is 0 Å². The lowest BCUT2D eigenvalue weighted by Gasteiger charge is -2.04. The molecule has 0 aliphatic heterocycles. The summed E-state index contributed by atoms with van der Waals surface area (Å²) in [6, 6.07) is 6.76. The van der Waals surface area contributed by atoms with Gasteiger partial charge in [-0.15, -0.1) is 5.10 Å². The first-order chi connectivity index (χ1) is 9.83. The Labute approximate surface area is 119 Å². The van der Waals surface area contributed by atoms with E-state index in [0.29, 0.717) is 0 Å². The second kappa shape index (κ2) is 5.74. The van der Waals surface area contributed by atoms with Crippen LogP contribution in [0.2, 0.25) is 0 Å². The van der Waals surface area contributed by atoms with E-state index in [9.17, 15) is 5.11 Å². The fraction of sp³-hybridized carbons (Fsp3) is 0.167. The van der Waals surface area contributed by atoms with Gasteiger partial charge in [0.2, 0.25) is 5.16 Å². The van der Waals surface area contributed by atoms with E-state index in [2.05, 4.69) is 20.5 Å². The van der Waals surface area contributed by atoms with Crippen LogP contribution in [-0.2, 0) is 6.54 Å². The third kappa shape index (κ3) is 2.80. The van der Waals surface area contributed by atoms with Gasteiger partial charge >= 0.3 is 0 Å². The van der Waals surface area contributed by atoms with E-state index in [1.807, 2.05) is 10.8 Å². The van der Waals surface area contributed by atoms with Crippen molar-refractivity contribution in [3.8, 4) is 11.4 Å². The van der Waals surface area contributed by atoms with Crippen molar-refractivity contribution in [2.24, 2.45) is 0 Å². The van der Waals surface area contributed by atoms with Crippen LogP contribution in [0.1, 0.15) is 0 Å². The minimum absolute atomic E-state index is 0.219. The van der Waals surface area contributed by atoms with Gasteiger partial charge in [0.1, 0.15) is 5.75 Å². The van der Waals surface area contributed by atoms with Crippen LogP contribution in [-0.4, -0.2) is 40.6 Å². The minimum atomic E-state index is 0.219. The van der Waals surface area contributed by atoms with Crippen LogP contribution >= 0.6 is 11.8 Å². The van der Waals surface area contributed by atoms with Gasteiger partial charge in [-0.25, -0.2) is 4.98 Å². The molecule has 0 saturated heterocycles. The topological polar surface area (TPSA) is 81.6 Å². The maximum absolute atomic E-state index is 9.30. The van der Waals surface area contributed by atoms with Crippen molar-refractivity contribution in [1.82, 2.24) is 29.8 Å². The summed E-state index contributed by atoms with van der Waals surface area (Å²) in [5.41, 5.74) is 0.818. The van der Waals surface area contributed by atoms with Crippen molar-refractivity contribution >= 4 is 11.8 Å². The molecule has 1 aromatic carbocycles. The predicted molar refractivity (Wildman–Crippen MR) is 73.8 cm³/mol. The number of hydrogen-bond acceptors (Lipinski definition) is 6. The lowest BCUT2D eigenvalue weighted by molar-refractivity contribution is 0.475. The van der Waals surface area contributed by atoms with Crippen molar-refractivity contribution in [3.05, 3.63) is 43.0 Å². The molecule has 1 N–H and O–H groups in total. The normalized spacial score (nSPS) is 10.8. The van der Waals surface area contributed by atoms with Crippen LogP contribution in [0, 0.1) is 0 Å². The number of benzene rings is 1. The summed E-state index contributed by atoms with van der Waals surface area (Å²) in [5, 5.41) is 21.7. The molecule has 2 heterocycles. The van der Waals surface area contributed by atoms with E-state index in [4.69, 9.17) is 0 Å². The molecule has 0 radical (unpaired) electrons. The molecule has 0 bridgehead atoms. The van der Waals surface area contributed by atoms with Crippen molar-refractivity contribution in [1.29, 1.82) is 0 Å². The summed E-state index contributed by atoms with van der Waals surface area (Å²) in [7, 11) is 0. The molecule has 0 spiro atoms. The fourth-order valence-electron chi connectivity index (χ4n) is 1.69. The van der Waals surface area contributed by atoms with Crippen molar-refractivity contribution < 1.29 is 5.11 Å². The highest BCUT2D eigenvalue weighted by atomic mass is 32.2. The Morgan fingerprint density at radius 1 is 1.20 bits per heavy atom. The van der Waals surface area contributed by atoms with Gasteiger partial charge in [-0.1, -0.05) is 11.8 Å². The van der Waals surface area contributed by atoms with Gasteiger partial charge in [-0.2, -0.15) is 4.68 Å². The molecule has 0 amide bonds. The Bertz CT molecular complexity index is 664. The third-order valence-electron chi connectivity index (χ3n) is 2.68. The molecule has 0 atom stereocenters. The molecule has 8 heteroatoms. The summed E-state index contributed by atoms with van der Waals surface area (Å²) < 4.78 is 3.65. The zero-order chi connectivity index (χ0) is 13.8. The first-order valence-electron chi connectivity index (χ1n) is 5.99. The number of phenolic OH excluding ortho intramolecular Hbond substituents is 1. The maximum atomic E-state index is 9.30. The van der Waals surface area contributed by atoms with E-state index < -0.39 is 0 Å². The molecule has 0 aliphatic rings. The predicted octanol–water partition coefficient (Wildman–Crippen LogP) is 1.36. The summed E-state index contributed by atoms with van der Waals surface area (Å²) >= 11 is 1.57. The van der Waals surface area contributed by atoms with E-state index in [1.54, 1.807) is 53.2 Å². The van der Waals surface area contributed by atoms with Gasteiger partial charge in [0.05, 0.1) is 12.0 Å². The number of aryl methyl sites for hydroxylation is 1. The highest BCUT2D eigenvalue weighted by molar-refractivity contribution is 7.99. The van der Waals surface area contributed by atoms with Gasteiger partial charge in [0, 0.05) is 24.7 Å². The Morgan fingerprint density at radius 3 is 2.80 bits per heavy atom. The van der Waals surface area contributed by atoms with E-state index in [0.717, 1.165) is 23.1 Å². The largest absolute Gasteiger partial charge is 0.508 e. The van der Waals surface area contributed by atoms with Crippen LogP contribution in [0.15, 0.2) is 48.1 Å². The number of thioether (sulfide) groups is 1. The molecular weight excluding hydrogens is 276 g/mol. The average molecular weight is 288 g/mol. The van der Waals surface area contributed by atoms with Gasteiger partial charge in [0.15, 0.2) is 0 Å². The SMILES string of the molecule is Oc1ccc(-n2nnnc2SCCn2ccnc2)cc1. The lowest BCUT2D eigenvalue weighted by Crippen LogP contribution is -2.01. The molecule has 20 heavy (non-hydrogen) atoms. The average Bonchev–Trinajstić information content (AvgIpc) is 3.11. The van der Waals surface area contributed by atoms with E-state index >= 15 is 0 Å². The van der Waals surface area contributed by atoms with Crippen molar-refractivity contribution in [2.75, 3.05) is 5.75 Å². The van der Waals surface area contributed by atoms with Crippen LogP contribution in [0.4, 0.5) is 0 Å². The van der Waals surface area contributed by atoms with Gasteiger partial charge in [-0.05, 0) is 34.7 Å². The number of hydrogen-bond donors (Lipinski definition) is 1. The molecule has 3 aromatic rings. The second-order valence-electron chi connectivity index (χ2n) is 4.04. The lowest BCUT2D eigenvalue weighted by atomic mass is 10.3. The molecule has 3 rings (SSSR count). The monoisotopic (exact) mass is 288 g/mol. The number of aromatic hydroxyl groups is 1. The van der Waals surface area contributed by atoms with Gasteiger partial charge < -0.3 is 9.67 Å². The summed E-state index contributed by atoms with van der Waals surface area (Å²) in [6.45, 7) is 0.840. The quantitative estimate of drug-likeness (QED) is 0.714. The Hall–Kier alpha value is -2.35. The molecule has 0 fully saturated rings.